The second-order valence-electron chi connectivity index (χ2n) is 5.39. The first-order valence-electron chi connectivity index (χ1n) is 6.48. The number of nitrogens with one attached hydrogen (secondary N) is 2. The number of benzene rings is 1. The van der Waals surface area contributed by atoms with Crippen molar-refractivity contribution in [1.82, 2.24) is 0 Å². The second kappa shape index (κ2) is 5.20. The third-order valence-electron chi connectivity index (χ3n) is 3.45. The summed E-state index contributed by atoms with van der Waals surface area (Å²) in [6.07, 6.45) is 1.89. The highest BCUT2D eigenvalue weighted by atomic mass is 19.1. The highest BCUT2D eigenvalue weighted by Gasteiger charge is 2.44. The Balaban J connectivity index is 2.13. The van der Waals surface area contributed by atoms with Gasteiger partial charge >= 0.3 is 0 Å². The van der Waals surface area contributed by atoms with E-state index in [-0.39, 0.29) is 23.4 Å². The summed E-state index contributed by atoms with van der Waals surface area (Å²) in [5.74, 6) is -1.05. The molecule has 0 saturated heterocycles. The molecule has 0 aliphatic heterocycles. The maximum Gasteiger partial charge on any atom is 0.244 e. The van der Waals surface area contributed by atoms with Gasteiger partial charge < -0.3 is 16.4 Å². The molecule has 2 amide bonds. The van der Waals surface area contributed by atoms with Crippen molar-refractivity contribution in [3.05, 3.63) is 24.0 Å². The molecule has 1 fully saturated rings. The van der Waals surface area contributed by atoms with Gasteiger partial charge in [-0.15, -0.1) is 0 Å². The van der Waals surface area contributed by atoms with Crippen LogP contribution in [0.3, 0.4) is 0 Å². The highest BCUT2D eigenvalue weighted by Crippen LogP contribution is 2.38. The minimum Gasteiger partial charge on any atom is -0.324 e. The molecule has 5 nitrogen and oxygen atoms in total. The van der Waals surface area contributed by atoms with Crippen molar-refractivity contribution in [2.45, 2.75) is 32.2 Å². The van der Waals surface area contributed by atoms with Crippen LogP contribution in [0.1, 0.15) is 26.7 Å². The Morgan fingerprint density at radius 2 is 2.00 bits per heavy atom. The van der Waals surface area contributed by atoms with E-state index in [1.54, 1.807) is 6.92 Å². The summed E-state index contributed by atoms with van der Waals surface area (Å²) < 4.78 is 13.5. The first-order valence-corrected chi connectivity index (χ1v) is 6.48. The molecule has 2 rings (SSSR count). The Labute approximate surface area is 116 Å². The van der Waals surface area contributed by atoms with E-state index in [1.165, 1.54) is 25.1 Å². The van der Waals surface area contributed by atoms with Crippen LogP contribution in [0.15, 0.2) is 18.2 Å². The van der Waals surface area contributed by atoms with Gasteiger partial charge in [0, 0.05) is 12.6 Å². The molecule has 1 aliphatic carbocycles. The summed E-state index contributed by atoms with van der Waals surface area (Å²) in [7, 11) is 0. The van der Waals surface area contributed by atoms with E-state index in [0.29, 0.717) is 5.69 Å². The molecular weight excluding hydrogens is 261 g/mol. The molecule has 1 aromatic carbocycles. The summed E-state index contributed by atoms with van der Waals surface area (Å²) in [6.45, 7) is 2.98. The Bertz CT molecular complexity index is 553. The fourth-order valence-electron chi connectivity index (χ4n) is 2.02. The quantitative estimate of drug-likeness (QED) is 0.786. The van der Waals surface area contributed by atoms with Crippen LogP contribution >= 0.6 is 0 Å². The molecule has 1 aliphatic rings. The fourth-order valence-corrected chi connectivity index (χ4v) is 2.02. The summed E-state index contributed by atoms with van der Waals surface area (Å²) in [5.41, 5.74) is 5.51. The summed E-state index contributed by atoms with van der Waals surface area (Å²) in [6, 6.07) is 3.99. The number of hydrogen-bond acceptors (Lipinski definition) is 3. The molecule has 1 unspecified atom stereocenters. The average Bonchev–Trinajstić information content (AvgIpc) is 3.17. The average molecular weight is 279 g/mol. The molecule has 0 bridgehead atoms. The summed E-state index contributed by atoms with van der Waals surface area (Å²) in [4.78, 5) is 23.1. The minimum atomic E-state index is -0.928. The maximum atomic E-state index is 13.5. The van der Waals surface area contributed by atoms with Crippen LogP contribution in [0.4, 0.5) is 15.8 Å². The third-order valence-corrected chi connectivity index (χ3v) is 3.45. The van der Waals surface area contributed by atoms with Gasteiger partial charge in [-0.25, -0.2) is 4.39 Å². The van der Waals surface area contributed by atoms with Crippen LogP contribution in [0.25, 0.3) is 0 Å². The first kappa shape index (κ1) is 14.5. The predicted octanol–water partition coefficient (Wildman–Crippen LogP) is 1.85. The van der Waals surface area contributed by atoms with Crippen LogP contribution in [0.5, 0.6) is 0 Å². The van der Waals surface area contributed by atoms with E-state index in [4.69, 9.17) is 5.73 Å². The molecule has 0 heterocycles. The van der Waals surface area contributed by atoms with Crippen molar-refractivity contribution >= 4 is 23.2 Å². The number of nitrogens with two attached hydrogens (primary N) is 1. The molecule has 1 aromatic rings. The first-order chi connectivity index (χ1) is 9.30. The normalized spacial score (nSPS) is 17.2. The van der Waals surface area contributed by atoms with Gasteiger partial charge in [-0.2, -0.15) is 0 Å². The zero-order valence-electron chi connectivity index (χ0n) is 11.5. The standard InChI is InChI=1S/C14H18FN3O2/c1-8(19)17-12-7-10(5-6-11(12)15)18-13(20)14(2,16)9-3-4-9/h5-7,9H,3-4,16H2,1-2H3,(H,17,19)(H,18,20). The fraction of sp³-hybridized carbons (Fsp3) is 0.429. The molecule has 0 spiro atoms. The van der Waals surface area contributed by atoms with E-state index in [9.17, 15) is 14.0 Å². The number of rotatable bonds is 4. The van der Waals surface area contributed by atoms with Gasteiger partial charge in [0.2, 0.25) is 11.8 Å². The van der Waals surface area contributed by atoms with Crippen LogP contribution in [0.2, 0.25) is 0 Å². The van der Waals surface area contributed by atoms with Gasteiger partial charge in [0.25, 0.3) is 0 Å². The van der Waals surface area contributed by atoms with E-state index in [0.717, 1.165) is 12.8 Å². The van der Waals surface area contributed by atoms with Gasteiger partial charge in [0.1, 0.15) is 5.82 Å². The lowest BCUT2D eigenvalue weighted by Gasteiger charge is -2.23. The molecule has 20 heavy (non-hydrogen) atoms. The lowest BCUT2D eigenvalue weighted by Crippen LogP contribution is -2.50. The molecular formula is C14H18FN3O2. The van der Waals surface area contributed by atoms with E-state index in [2.05, 4.69) is 10.6 Å². The highest BCUT2D eigenvalue weighted by molar-refractivity contribution is 5.99. The zero-order chi connectivity index (χ0) is 14.9. The zero-order valence-corrected chi connectivity index (χ0v) is 11.5. The minimum absolute atomic E-state index is 0.0282. The molecule has 6 heteroatoms. The van der Waals surface area contributed by atoms with Gasteiger partial charge in [-0.3, -0.25) is 9.59 Å². The Kier molecular flexibility index (Phi) is 3.76. The number of carbonyl (C=O) groups excluding carboxylic acids is 2. The molecule has 1 atom stereocenters. The van der Waals surface area contributed by atoms with Crippen molar-refractivity contribution in [2.75, 3.05) is 10.6 Å². The van der Waals surface area contributed by atoms with Crippen LogP contribution in [0, 0.1) is 11.7 Å². The number of halogens is 1. The van der Waals surface area contributed by atoms with Gasteiger partial charge in [0.15, 0.2) is 0 Å². The van der Waals surface area contributed by atoms with Crippen LogP contribution < -0.4 is 16.4 Å². The Morgan fingerprint density at radius 1 is 1.35 bits per heavy atom. The second-order valence-corrected chi connectivity index (χ2v) is 5.39. The lowest BCUT2D eigenvalue weighted by atomic mass is 9.96. The van der Waals surface area contributed by atoms with E-state index in [1.807, 2.05) is 0 Å². The SMILES string of the molecule is CC(=O)Nc1cc(NC(=O)C(C)(N)C2CC2)ccc1F. The Hall–Kier alpha value is -1.95. The van der Waals surface area contributed by atoms with Crippen molar-refractivity contribution in [1.29, 1.82) is 0 Å². The summed E-state index contributed by atoms with van der Waals surface area (Å²) in [5, 5.41) is 5.03. The largest absolute Gasteiger partial charge is 0.324 e. The third kappa shape index (κ3) is 3.14. The number of amides is 2. The van der Waals surface area contributed by atoms with Crippen LogP contribution in [-0.4, -0.2) is 17.4 Å². The smallest absolute Gasteiger partial charge is 0.244 e. The van der Waals surface area contributed by atoms with Gasteiger partial charge in [0.05, 0.1) is 11.2 Å². The molecule has 1 saturated carbocycles. The van der Waals surface area contributed by atoms with Crippen molar-refractivity contribution < 1.29 is 14.0 Å². The Morgan fingerprint density at radius 3 is 2.55 bits per heavy atom. The van der Waals surface area contributed by atoms with Crippen molar-refractivity contribution in [3.8, 4) is 0 Å². The van der Waals surface area contributed by atoms with Crippen LogP contribution in [-0.2, 0) is 9.59 Å². The molecule has 0 radical (unpaired) electrons. The number of hydrogen-bond donors (Lipinski definition) is 3. The number of carbonyl (C=O) groups is 2. The van der Waals surface area contributed by atoms with Crippen molar-refractivity contribution in [2.24, 2.45) is 11.7 Å². The molecule has 4 N–H and O–H groups in total. The molecule has 108 valence electrons. The van der Waals surface area contributed by atoms with Gasteiger partial charge in [-0.1, -0.05) is 0 Å². The van der Waals surface area contributed by atoms with Gasteiger partial charge in [-0.05, 0) is 43.9 Å². The predicted molar refractivity (Wildman–Crippen MR) is 74.6 cm³/mol. The molecule has 0 aromatic heterocycles. The monoisotopic (exact) mass is 279 g/mol. The number of anilines is 2. The maximum absolute atomic E-state index is 13.5. The van der Waals surface area contributed by atoms with E-state index >= 15 is 0 Å². The summed E-state index contributed by atoms with van der Waals surface area (Å²) >= 11 is 0. The lowest BCUT2D eigenvalue weighted by molar-refractivity contribution is -0.121. The van der Waals surface area contributed by atoms with E-state index < -0.39 is 11.4 Å². The van der Waals surface area contributed by atoms with Crippen molar-refractivity contribution in [3.63, 3.8) is 0 Å². The topological polar surface area (TPSA) is 84.2 Å².